The third-order valence-corrected chi connectivity index (χ3v) is 4.48. The highest BCUT2D eigenvalue weighted by molar-refractivity contribution is 9.10. The van der Waals surface area contributed by atoms with E-state index in [0.29, 0.717) is 0 Å². The second-order valence-electron chi connectivity index (χ2n) is 5.25. The number of anilines is 2. The average Bonchev–Trinajstić information content (AvgIpc) is 2.60. The van der Waals surface area contributed by atoms with Crippen molar-refractivity contribution in [1.82, 2.24) is 4.98 Å². The van der Waals surface area contributed by atoms with Gasteiger partial charge >= 0.3 is 0 Å². The second kappa shape index (κ2) is 5.89. The zero-order chi connectivity index (χ0) is 15.6. The normalized spacial score (nSPS) is 10.8. The molecule has 0 aliphatic rings. The quantitative estimate of drug-likeness (QED) is 0.368. The van der Waals surface area contributed by atoms with Crippen LogP contribution in [0.15, 0.2) is 77.3 Å². The highest BCUT2D eigenvalue weighted by Gasteiger charge is 2.08. The molecule has 0 atom stereocenters. The lowest BCUT2D eigenvalue weighted by Crippen LogP contribution is -2.10. The van der Waals surface area contributed by atoms with Crippen LogP contribution in [-0.4, -0.2) is 4.98 Å². The zero-order valence-corrected chi connectivity index (χ0v) is 13.8. The van der Waals surface area contributed by atoms with E-state index in [-0.39, 0.29) is 0 Å². The number of hydrogen-bond acceptors (Lipinski definition) is 3. The number of fused-ring (bicyclic) bond motifs is 2. The number of hydrazine groups is 1. The fourth-order valence-corrected chi connectivity index (χ4v) is 3.05. The molecule has 0 aliphatic carbocycles. The van der Waals surface area contributed by atoms with E-state index < -0.39 is 0 Å². The molecule has 0 aliphatic heterocycles. The first-order valence-electron chi connectivity index (χ1n) is 7.37. The SMILES string of the molecule is Brc1ccccc1NNc1c2ccccc2nc2ccccc12. The number of nitrogens with zero attached hydrogens (tertiary/aromatic N) is 1. The van der Waals surface area contributed by atoms with Gasteiger partial charge in [0.25, 0.3) is 0 Å². The lowest BCUT2D eigenvalue weighted by Gasteiger charge is -2.15. The lowest BCUT2D eigenvalue weighted by molar-refractivity contribution is 1.41. The number of aromatic nitrogens is 1. The van der Waals surface area contributed by atoms with Crippen LogP contribution in [0.3, 0.4) is 0 Å². The van der Waals surface area contributed by atoms with Gasteiger partial charge in [-0.15, -0.1) is 0 Å². The van der Waals surface area contributed by atoms with E-state index in [1.807, 2.05) is 60.7 Å². The van der Waals surface area contributed by atoms with Gasteiger partial charge in [-0.3, -0.25) is 10.9 Å². The molecular weight excluding hydrogens is 350 g/mol. The van der Waals surface area contributed by atoms with Crippen LogP contribution in [0.1, 0.15) is 0 Å². The summed E-state index contributed by atoms with van der Waals surface area (Å²) < 4.78 is 1.01. The lowest BCUT2D eigenvalue weighted by atomic mass is 10.1. The Labute approximate surface area is 142 Å². The molecule has 1 heterocycles. The maximum atomic E-state index is 4.73. The molecule has 0 radical (unpaired) electrons. The van der Waals surface area contributed by atoms with Crippen LogP contribution in [0.2, 0.25) is 0 Å². The van der Waals surface area contributed by atoms with Gasteiger partial charge in [-0.1, -0.05) is 48.5 Å². The van der Waals surface area contributed by atoms with Gasteiger partial charge in [-0.2, -0.15) is 0 Å². The van der Waals surface area contributed by atoms with E-state index in [1.165, 1.54) is 0 Å². The van der Waals surface area contributed by atoms with Crippen molar-refractivity contribution >= 4 is 49.1 Å². The van der Waals surface area contributed by atoms with Gasteiger partial charge in [0.05, 0.1) is 22.4 Å². The Morgan fingerprint density at radius 3 is 1.87 bits per heavy atom. The van der Waals surface area contributed by atoms with E-state index in [0.717, 1.165) is 37.7 Å². The Balaban J connectivity index is 1.84. The smallest absolute Gasteiger partial charge is 0.0731 e. The molecule has 0 bridgehead atoms. The van der Waals surface area contributed by atoms with Crippen LogP contribution in [0.4, 0.5) is 11.4 Å². The molecule has 0 unspecified atom stereocenters. The number of pyridine rings is 1. The second-order valence-corrected chi connectivity index (χ2v) is 6.11. The molecule has 4 aromatic rings. The summed E-state index contributed by atoms with van der Waals surface area (Å²) in [4.78, 5) is 4.73. The fourth-order valence-electron chi connectivity index (χ4n) is 2.67. The largest absolute Gasteiger partial charge is 0.300 e. The third-order valence-electron chi connectivity index (χ3n) is 3.78. The Hall–Kier alpha value is -2.59. The van der Waals surface area contributed by atoms with Gasteiger partial charge < -0.3 is 0 Å². The molecule has 2 N–H and O–H groups in total. The van der Waals surface area contributed by atoms with Crippen LogP contribution < -0.4 is 10.9 Å². The first-order valence-corrected chi connectivity index (χ1v) is 8.16. The number of benzene rings is 3. The van der Waals surface area contributed by atoms with Gasteiger partial charge in [0.15, 0.2) is 0 Å². The Kier molecular flexibility index (Phi) is 3.60. The Morgan fingerprint density at radius 2 is 1.22 bits per heavy atom. The van der Waals surface area contributed by atoms with E-state index >= 15 is 0 Å². The highest BCUT2D eigenvalue weighted by atomic mass is 79.9. The summed E-state index contributed by atoms with van der Waals surface area (Å²) in [5, 5.41) is 2.18. The van der Waals surface area contributed by atoms with Crippen molar-refractivity contribution in [3.8, 4) is 0 Å². The van der Waals surface area contributed by atoms with Crippen molar-refractivity contribution in [3.05, 3.63) is 77.3 Å². The van der Waals surface area contributed by atoms with Crippen molar-refractivity contribution in [1.29, 1.82) is 0 Å². The average molecular weight is 364 g/mol. The summed E-state index contributed by atoms with van der Waals surface area (Å²) in [7, 11) is 0. The Morgan fingerprint density at radius 1 is 0.652 bits per heavy atom. The number of halogens is 1. The van der Waals surface area contributed by atoms with Gasteiger partial charge in [-0.05, 0) is 40.2 Å². The first kappa shape index (κ1) is 14.0. The topological polar surface area (TPSA) is 37.0 Å². The molecule has 112 valence electrons. The molecule has 0 saturated carbocycles. The van der Waals surface area contributed by atoms with E-state index in [4.69, 9.17) is 4.98 Å². The van der Waals surface area contributed by atoms with Crippen molar-refractivity contribution in [2.45, 2.75) is 0 Å². The zero-order valence-electron chi connectivity index (χ0n) is 12.3. The summed E-state index contributed by atoms with van der Waals surface area (Å²) in [6.45, 7) is 0. The molecule has 0 saturated heterocycles. The molecule has 3 nitrogen and oxygen atoms in total. The molecule has 0 spiro atoms. The van der Waals surface area contributed by atoms with Crippen LogP contribution >= 0.6 is 15.9 Å². The van der Waals surface area contributed by atoms with E-state index in [1.54, 1.807) is 0 Å². The minimum absolute atomic E-state index is 0.975. The third kappa shape index (κ3) is 2.62. The van der Waals surface area contributed by atoms with Crippen molar-refractivity contribution in [2.24, 2.45) is 0 Å². The number of hydrogen-bond donors (Lipinski definition) is 2. The molecule has 4 rings (SSSR count). The van der Waals surface area contributed by atoms with Crippen LogP contribution in [-0.2, 0) is 0 Å². The summed E-state index contributed by atoms with van der Waals surface area (Å²) in [6.07, 6.45) is 0. The van der Waals surface area contributed by atoms with Gasteiger partial charge in [0.2, 0.25) is 0 Å². The minimum atomic E-state index is 0.975. The molecular formula is C19H14BrN3. The molecule has 23 heavy (non-hydrogen) atoms. The summed E-state index contributed by atoms with van der Waals surface area (Å²) in [6, 6.07) is 24.3. The Bertz CT molecular complexity index is 944. The minimum Gasteiger partial charge on any atom is -0.300 e. The van der Waals surface area contributed by atoms with Crippen LogP contribution in [0.5, 0.6) is 0 Å². The standard InChI is InChI=1S/C19H14BrN3/c20-15-9-3-6-12-18(15)22-23-19-13-7-1-4-10-16(13)21-17-11-5-2-8-14(17)19/h1-12,22H,(H,21,23). The van der Waals surface area contributed by atoms with Gasteiger partial charge in [-0.25, -0.2) is 4.98 Å². The maximum absolute atomic E-state index is 4.73. The predicted molar refractivity (Wildman–Crippen MR) is 101 cm³/mol. The molecule has 4 heteroatoms. The molecule has 3 aromatic carbocycles. The van der Waals surface area contributed by atoms with E-state index in [2.05, 4.69) is 38.9 Å². The van der Waals surface area contributed by atoms with E-state index in [9.17, 15) is 0 Å². The monoisotopic (exact) mass is 363 g/mol. The van der Waals surface area contributed by atoms with Crippen molar-refractivity contribution in [2.75, 3.05) is 10.9 Å². The predicted octanol–water partition coefficient (Wildman–Crippen LogP) is 5.59. The number of nitrogens with one attached hydrogen (secondary N) is 2. The molecule has 1 aromatic heterocycles. The summed E-state index contributed by atoms with van der Waals surface area (Å²) in [5.41, 5.74) is 10.6. The van der Waals surface area contributed by atoms with Gasteiger partial charge in [0, 0.05) is 15.2 Å². The number of para-hydroxylation sites is 3. The molecule has 0 fully saturated rings. The fraction of sp³-hybridized carbons (Fsp3) is 0. The molecule has 0 amide bonds. The van der Waals surface area contributed by atoms with Crippen LogP contribution in [0, 0.1) is 0 Å². The summed E-state index contributed by atoms with van der Waals surface area (Å²) >= 11 is 3.55. The van der Waals surface area contributed by atoms with Crippen molar-refractivity contribution in [3.63, 3.8) is 0 Å². The summed E-state index contributed by atoms with van der Waals surface area (Å²) in [5.74, 6) is 0. The highest BCUT2D eigenvalue weighted by Crippen LogP contribution is 2.31. The number of rotatable bonds is 3. The van der Waals surface area contributed by atoms with Crippen molar-refractivity contribution < 1.29 is 0 Å². The van der Waals surface area contributed by atoms with Crippen LogP contribution in [0.25, 0.3) is 21.8 Å². The maximum Gasteiger partial charge on any atom is 0.0731 e. The van der Waals surface area contributed by atoms with Gasteiger partial charge in [0.1, 0.15) is 0 Å². The first-order chi connectivity index (χ1) is 11.3.